The van der Waals surface area contributed by atoms with E-state index in [4.69, 9.17) is 4.74 Å². The topological polar surface area (TPSA) is 30.4 Å². The summed E-state index contributed by atoms with van der Waals surface area (Å²) < 4.78 is 7.38. The molecule has 1 aromatic carbocycles. The van der Waals surface area contributed by atoms with Gasteiger partial charge in [0.15, 0.2) is 0 Å². The van der Waals surface area contributed by atoms with Gasteiger partial charge < -0.3 is 9.30 Å². The number of imidazole rings is 1. The molecule has 2 aromatic rings. The van der Waals surface area contributed by atoms with E-state index in [0.29, 0.717) is 0 Å². The summed E-state index contributed by atoms with van der Waals surface area (Å²) in [5.41, 5.74) is 2.33. The fraction of sp³-hybridized carbons (Fsp3) is 0.250. The van der Waals surface area contributed by atoms with Gasteiger partial charge in [-0.25, -0.2) is 4.98 Å². The number of aromatic nitrogens is 2. The number of rotatable bonds is 2. The SMILES string of the molecule is C[C@]1(c2ccc(-n3ccnc3)cc2)CO1. The van der Waals surface area contributed by atoms with Crippen molar-refractivity contribution in [2.24, 2.45) is 0 Å². The van der Waals surface area contributed by atoms with Crippen LogP contribution in [0.2, 0.25) is 0 Å². The van der Waals surface area contributed by atoms with Gasteiger partial charge in [0.1, 0.15) is 5.60 Å². The minimum atomic E-state index is -0.0343. The molecule has 3 heteroatoms. The van der Waals surface area contributed by atoms with Crippen molar-refractivity contribution in [2.45, 2.75) is 12.5 Å². The predicted molar refractivity (Wildman–Crippen MR) is 56.9 cm³/mol. The smallest absolute Gasteiger partial charge is 0.114 e. The lowest BCUT2D eigenvalue weighted by Gasteiger charge is -2.07. The minimum absolute atomic E-state index is 0.0343. The summed E-state index contributed by atoms with van der Waals surface area (Å²) in [6.07, 6.45) is 5.51. The van der Waals surface area contributed by atoms with E-state index in [9.17, 15) is 0 Å². The molecule has 0 unspecified atom stereocenters. The van der Waals surface area contributed by atoms with Gasteiger partial charge in [0, 0.05) is 18.1 Å². The Bertz CT molecular complexity index is 455. The fourth-order valence-electron chi connectivity index (χ4n) is 1.67. The van der Waals surface area contributed by atoms with Gasteiger partial charge >= 0.3 is 0 Å². The fourth-order valence-corrected chi connectivity index (χ4v) is 1.67. The normalized spacial score (nSPS) is 24.1. The van der Waals surface area contributed by atoms with Crippen LogP contribution in [0.4, 0.5) is 0 Å². The summed E-state index contributed by atoms with van der Waals surface area (Å²) in [5.74, 6) is 0. The molecule has 76 valence electrons. The maximum atomic E-state index is 5.39. The van der Waals surface area contributed by atoms with Crippen molar-refractivity contribution in [3.8, 4) is 5.69 Å². The van der Waals surface area contributed by atoms with Crippen LogP contribution >= 0.6 is 0 Å². The van der Waals surface area contributed by atoms with Crippen molar-refractivity contribution >= 4 is 0 Å². The molecule has 3 nitrogen and oxygen atoms in total. The zero-order valence-corrected chi connectivity index (χ0v) is 8.55. The van der Waals surface area contributed by atoms with E-state index < -0.39 is 0 Å². The van der Waals surface area contributed by atoms with Gasteiger partial charge in [0.05, 0.1) is 12.9 Å². The van der Waals surface area contributed by atoms with Crippen molar-refractivity contribution in [1.29, 1.82) is 0 Å². The van der Waals surface area contributed by atoms with E-state index in [1.54, 1.807) is 12.5 Å². The number of epoxide rings is 1. The zero-order valence-electron chi connectivity index (χ0n) is 8.55. The van der Waals surface area contributed by atoms with E-state index >= 15 is 0 Å². The molecule has 0 radical (unpaired) electrons. The summed E-state index contributed by atoms with van der Waals surface area (Å²) >= 11 is 0. The molecule has 1 aliphatic heterocycles. The maximum absolute atomic E-state index is 5.39. The lowest BCUT2D eigenvalue weighted by molar-refractivity contribution is 0.329. The monoisotopic (exact) mass is 200 g/mol. The van der Waals surface area contributed by atoms with Crippen LogP contribution in [0.25, 0.3) is 5.69 Å². The second-order valence-corrected chi connectivity index (χ2v) is 4.04. The molecule has 0 bridgehead atoms. The lowest BCUT2D eigenvalue weighted by atomic mass is 10.0. The van der Waals surface area contributed by atoms with Crippen LogP contribution in [-0.2, 0) is 10.3 Å². The van der Waals surface area contributed by atoms with E-state index in [0.717, 1.165) is 12.3 Å². The quantitative estimate of drug-likeness (QED) is 0.695. The molecule has 15 heavy (non-hydrogen) atoms. The molecular weight excluding hydrogens is 188 g/mol. The second-order valence-electron chi connectivity index (χ2n) is 4.04. The van der Waals surface area contributed by atoms with E-state index in [1.165, 1.54) is 5.56 Å². The molecule has 0 N–H and O–H groups in total. The van der Waals surface area contributed by atoms with Gasteiger partial charge in [0.25, 0.3) is 0 Å². The molecule has 0 saturated carbocycles. The second kappa shape index (κ2) is 2.94. The Labute approximate surface area is 88.3 Å². The van der Waals surface area contributed by atoms with E-state index in [1.807, 2.05) is 10.8 Å². The Morgan fingerprint density at radius 2 is 2.07 bits per heavy atom. The van der Waals surface area contributed by atoms with Crippen molar-refractivity contribution in [1.82, 2.24) is 9.55 Å². The number of benzene rings is 1. The van der Waals surface area contributed by atoms with Crippen LogP contribution < -0.4 is 0 Å². The van der Waals surface area contributed by atoms with Gasteiger partial charge in [-0.2, -0.15) is 0 Å². The molecule has 1 aliphatic rings. The lowest BCUT2D eigenvalue weighted by Crippen LogP contribution is -2.02. The molecule has 0 amide bonds. The maximum Gasteiger partial charge on any atom is 0.114 e. The number of hydrogen-bond acceptors (Lipinski definition) is 2. The molecule has 1 aromatic heterocycles. The third-order valence-corrected chi connectivity index (χ3v) is 2.86. The average Bonchev–Trinajstić information content (AvgIpc) is 2.84. The minimum Gasteiger partial charge on any atom is -0.365 e. The highest BCUT2D eigenvalue weighted by molar-refractivity contribution is 5.37. The summed E-state index contributed by atoms with van der Waals surface area (Å²) in [6, 6.07) is 8.40. The number of hydrogen-bond donors (Lipinski definition) is 0. The Hall–Kier alpha value is -1.61. The highest BCUT2D eigenvalue weighted by Crippen LogP contribution is 2.37. The molecule has 1 saturated heterocycles. The Kier molecular flexibility index (Phi) is 1.70. The van der Waals surface area contributed by atoms with E-state index in [-0.39, 0.29) is 5.60 Å². The first-order valence-corrected chi connectivity index (χ1v) is 5.01. The number of nitrogens with zero attached hydrogens (tertiary/aromatic N) is 2. The molecular formula is C12H12N2O. The van der Waals surface area contributed by atoms with Gasteiger partial charge in [-0.1, -0.05) is 12.1 Å². The van der Waals surface area contributed by atoms with Gasteiger partial charge in [0.2, 0.25) is 0 Å². The van der Waals surface area contributed by atoms with Crippen LogP contribution in [0.1, 0.15) is 12.5 Å². The van der Waals surface area contributed by atoms with Gasteiger partial charge in [-0.05, 0) is 24.6 Å². The van der Waals surface area contributed by atoms with Gasteiger partial charge in [-0.15, -0.1) is 0 Å². The first kappa shape index (κ1) is 8.68. The predicted octanol–water partition coefficient (Wildman–Crippen LogP) is 2.12. The first-order chi connectivity index (χ1) is 7.28. The van der Waals surface area contributed by atoms with Crippen molar-refractivity contribution < 1.29 is 4.74 Å². The van der Waals surface area contributed by atoms with Crippen LogP contribution in [-0.4, -0.2) is 16.2 Å². The first-order valence-electron chi connectivity index (χ1n) is 5.01. The summed E-state index contributed by atoms with van der Waals surface area (Å²) in [6.45, 7) is 2.94. The van der Waals surface area contributed by atoms with Crippen LogP contribution in [0.5, 0.6) is 0 Å². The van der Waals surface area contributed by atoms with Crippen LogP contribution in [0.15, 0.2) is 43.0 Å². The third-order valence-electron chi connectivity index (χ3n) is 2.86. The molecule has 0 spiro atoms. The van der Waals surface area contributed by atoms with Crippen molar-refractivity contribution in [3.63, 3.8) is 0 Å². The average molecular weight is 200 g/mol. The summed E-state index contributed by atoms with van der Waals surface area (Å²) in [4.78, 5) is 4.02. The Morgan fingerprint density at radius 3 is 2.60 bits per heavy atom. The summed E-state index contributed by atoms with van der Waals surface area (Å²) in [7, 11) is 0. The molecule has 1 fully saturated rings. The molecule has 3 rings (SSSR count). The number of ether oxygens (including phenoxy) is 1. The largest absolute Gasteiger partial charge is 0.365 e. The molecule has 1 atom stereocenters. The zero-order chi connectivity index (χ0) is 10.3. The van der Waals surface area contributed by atoms with Gasteiger partial charge in [-0.3, -0.25) is 0 Å². The summed E-state index contributed by atoms with van der Waals surface area (Å²) in [5, 5.41) is 0. The van der Waals surface area contributed by atoms with Crippen molar-refractivity contribution in [3.05, 3.63) is 48.5 Å². The van der Waals surface area contributed by atoms with E-state index in [2.05, 4.69) is 36.2 Å². The highest BCUT2D eigenvalue weighted by Gasteiger charge is 2.40. The Morgan fingerprint density at radius 1 is 1.33 bits per heavy atom. The van der Waals surface area contributed by atoms with Crippen LogP contribution in [0, 0.1) is 0 Å². The standard InChI is InChI=1S/C12H12N2O/c1-12(8-15-12)10-2-4-11(5-3-10)14-7-6-13-9-14/h2-7,9H,8H2,1H3/t12-/m1/s1. The highest BCUT2D eigenvalue weighted by atomic mass is 16.6. The van der Waals surface area contributed by atoms with Crippen molar-refractivity contribution in [2.75, 3.05) is 6.61 Å². The molecule has 2 heterocycles. The van der Waals surface area contributed by atoms with Crippen LogP contribution in [0.3, 0.4) is 0 Å². The molecule has 0 aliphatic carbocycles. The Balaban J connectivity index is 1.94. The third kappa shape index (κ3) is 1.45.